The fourth-order valence-corrected chi connectivity index (χ4v) is 2.61. The predicted octanol–water partition coefficient (Wildman–Crippen LogP) is 5.83. The second kappa shape index (κ2) is 10.5. The van der Waals surface area contributed by atoms with Crippen LogP contribution in [0.2, 0.25) is 0 Å². The maximum Gasteiger partial charge on any atom is 0.416 e. The number of halogens is 6. The van der Waals surface area contributed by atoms with Crippen molar-refractivity contribution in [2.24, 2.45) is 5.92 Å². The summed E-state index contributed by atoms with van der Waals surface area (Å²) in [5, 5.41) is 0. The molecule has 0 fully saturated rings. The van der Waals surface area contributed by atoms with Crippen LogP contribution < -0.4 is 4.74 Å². The lowest BCUT2D eigenvalue weighted by molar-refractivity contribution is -0.145. The topological polar surface area (TPSA) is 52.6 Å². The van der Waals surface area contributed by atoms with Gasteiger partial charge >= 0.3 is 18.3 Å². The van der Waals surface area contributed by atoms with Gasteiger partial charge in [-0.05, 0) is 30.2 Å². The van der Waals surface area contributed by atoms with Gasteiger partial charge in [0.1, 0.15) is 19.0 Å². The van der Waals surface area contributed by atoms with Gasteiger partial charge in [-0.2, -0.15) is 26.3 Å². The highest BCUT2D eigenvalue weighted by molar-refractivity contribution is 5.82. The van der Waals surface area contributed by atoms with Crippen molar-refractivity contribution < 1.29 is 45.4 Å². The molecule has 0 aliphatic carbocycles. The smallest absolute Gasteiger partial charge is 0.416 e. The van der Waals surface area contributed by atoms with E-state index in [0.717, 1.165) is 5.56 Å². The molecule has 2 aromatic carbocycles. The Balaban J connectivity index is 1.89. The summed E-state index contributed by atoms with van der Waals surface area (Å²) in [5.41, 5.74) is -2.29. The number of Topliss-reactive ketones (excluding diaryl/α,β-unsaturated/α-hetero) is 1. The van der Waals surface area contributed by atoms with E-state index in [1.807, 2.05) is 6.07 Å². The van der Waals surface area contributed by atoms with E-state index in [4.69, 9.17) is 9.47 Å². The Morgan fingerprint density at radius 1 is 0.906 bits per heavy atom. The van der Waals surface area contributed by atoms with Crippen molar-refractivity contribution in [2.75, 3.05) is 6.61 Å². The summed E-state index contributed by atoms with van der Waals surface area (Å²) in [7, 11) is 0. The van der Waals surface area contributed by atoms with Crippen LogP contribution in [0.15, 0.2) is 48.5 Å². The van der Waals surface area contributed by atoms with Crippen LogP contribution in [0.1, 0.15) is 36.5 Å². The zero-order chi connectivity index (χ0) is 23.9. The van der Waals surface area contributed by atoms with Gasteiger partial charge in [-0.15, -0.1) is 0 Å². The molecular formula is C22H20F6O4. The molecule has 2 rings (SSSR count). The molecule has 0 bridgehead atoms. The zero-order valence-electron chi connectivity index (χ0n) is 16.9. The van der Waals surface area contributed by atoms with E-state index in [2.05, 4.69) is 0 Å². The lowest BCUT2D eigenvalue weighted by Gasteiger charge is -2.15. The SMILES string of the molecule is C[C@@H](CCC(=O)OCc1ccccc1)C(=O)COc1cc(C(F)(F)F)cc(C(F)(F)F)c1. The summed E-state index contributed by atoms with van der Waals surface area (Å²) >= 11 is 0. The minimum absolute atomic E-state index is 0.0294. The van der Waals surface area contributed by atoms with Crippen molar-refractivity contribution in [1.82, 2.24) is 0 Å². The molecular weight excluding hydrogens is 442 g/mol. The van der Waals surface area contributed by atoms with Crippen LogP contribution in [0, 0.1) is 5.92 Å². The maximum atomic E-state index is 12.9. The number of ketones is 1. The van der Waals surface area contributed by atoms with E-state index in [0.29, 0.717) is 12.1 Å². The van der Waals surface area contributed by atoms with Crippen LogP contribution in [-0.4, -0.2) is 18.4 Å². The second-order valence-electron chi connectivity index (χ2n) is 7.08. The van der Waals surface area contributed by atoms with Gasteiger partial charge in [0.05, 0.1) is 11.1 Å². The first-order valence-electron chi connectivity index (χ1n) is 9.51. The molecule has 0 spiro atoms. The second-order valence-corrected chi connectivity index (χ2v) is 7.08. The Labute approximate surface area is 180 Å². The lowest BCUT2D eigenvalue weighted by atomic mass is 10.0. The fraction of sp³-hybridized carbons (Fsp3) is 0.364. The summed E-state index contributed by atoms with van der Waals surface area (Å²) in [6, 6.07) is 9.69. The number of alkyl halides is 6. The van der Waals surface area contributed by atoms with Gasteiger partial charge in [-0.1, -0.05) is 37.3 Å². The van der Waals surface area contributed by atoms with Gasteiger partial charge in [0, 0.05) is 12.3 Å². The minimum Gasteiger partial charge on any atom is -0.486 e. The molecule has 32 heavy (non-hydrogen) atoms. The summed E-state index contributed by atoms with van der Waals surface area (Å²) in [6.45, 7) is 0.810. The van der Waals surface area contributed by atoms with Crippen molar-refractivity contribution in [3.8, 4) is 5.75 Å². The molecule has 0 N–H and O–H groups in total. The van der Waals surface area contributed by atoms with E-state index in [1.54, 1.807) is 24.3 Å². The molecule has 0 radical (unpaired) electrons. The average molecular weight is 462 g/mol. The highest BCUT2D eigenvalue weighted by Crippen LogP contribution is 2.38. The third kappa shape index (κ3) is 7.90. The Hall–Kier alpha value is -3.04. The van der Waals surface area contributed by atoms with Crippen LogP contribution in [-0.2, 0) is 33.3 Å². The third-order valence-corrected chi connectivity index (χ3v) is 4.52. The summed E-state index contributed by atoms with van der Waals surface area (Å²) in [5.74, 6) is -2.56. The van der Waals surface area contributed by atoms with E-state index in [1.165, 1.54) is 6.92 Å². The molecule has 0 aromatic heterocycles. The standard InChI is InChI=1S/C22H20F6O4/c1-14(7-8-20(30)32-12-15-5-3-2-4-6-15)19(29)13-31-18-10-16(21(23,24)25)9-17(11-18)22(26,27)28/h2-6,9-11,14H,7-8,12-13H2,1H3/t14-/m0/s1. The van der Waals surface area contributed by atoms with Crippen molar-refractivity contribution in [3.05, 3.63) is 65.2 Å². The van der Waals surface area contributed by atoms with Crippen LogP contribution in [0.25, 0.3) is 0 Å². The minimum atomic E-state index is -5.02. The van der Waals surface area contributed by atoms with Gasteiger partial charge in [0.15, 0.2) is 5.78 Å². The Bertz CT molecular complexity index is 890. The van der Waals surface area contributed by atoms with Gasteiger partial charge in [0.25, 0.3) is 0 Å². The van der Waals surface area contributed by atoms with Crippen LogP contribution in [0.3, 0.4) is 0 Å². The van der Waals surface area contributed by atoms with E-state index < -0.39 is 53.5 Å². The lowest BCUT2D eigenvalue weighted by Crippen LogP contribution is -2.21. The number of carbonyl (C=O) groups excluding carboxylic acids is 2. The number of esters is 1. The van der Waals surface area contributed by atoms with Crippen molar-refractivity contribution in [2.45, 2.75) is 38.7 Å². The van der Waals surface area contributed by atoms with Crippen LogP contribution >= 0.6 is 0 Å². The zero-order valence-corrected chi connectivity index (χ0v) is 16.9. The average Bonchev–Trinajstić information content (AvgIpc) is 2.73. The summed E-state index contributed by atoms with van der Waals surface area (Å²) in [6.07, 6.45) is -10.0. The first kappa shape index (κ1) is 25.2. The molecule has 4 nitrogen and oxygen atoms in total. The molecule has 1 atom stereocenters. The predicted molar refractivity (Wildman–Crippen MR) is 102 cm³/mol. The molecule has 0 unspecified atom stereocenters. The summed E-state index contributed by atoms with van der Waals surface area (Å²) < 4.78 is 87.3. The van der Waals surface area contributed by atoms with Crippen molar-refractivity contribution in [3.63, 3.8) is 0 Å². The van der Waals surface area contributed by atoms with Gasteiger partial charge in [-0.3, -0.25) is 9.59 Å². The molecule has 0 aliphatic rings. The number of hydrogen-bond acceptors (Lipinski definition) is 4. The molecule has 0 saturated heterocycles. The van der Waals surface area contributed by atoms with Gasteiger partial charge < -0.3 is 9.47 Å². The maximum absolute atomic E-state index is 12.9. The Morgan fingerprint density at radius 3 is 2.00 bits per heavy atom. The summed E-state index contributed by atoms with van der Waals surface area (Å²) in [4.78, 5) is 24.0. The largest absolute Gasteiger partial charge is 0.486 e. The Morgan fingerprint density at radius 2 is 1.47 bits per heavy atom. The molecule has 0 heterocycles. The molecule has 10 heteroatoms. The highest BCUT2D eigenvalue weighted by atomic mass is 19.4. The number of hydrogen-bond donors (Lipinski definition) is 0. The highest BCUT2D eigenvalue weighted by Gasteiger charge is 2.37. The van der Waals surface area contributed by atoms with E-state index in [-0.39, 0.29) is 25.5 Å². The third-order valence-electron chi connectivity index (χ3n) is 4.52. The van der Waals surface area contributed by atoms with E-state index >= 15 is 0 Å². The van der Waals surface area contributed by atoms with Crippen molar-refractivity contribution in [1.29, 1.82) is 0 Å². The quantitative estimate of drug-likeness (QED) is 0.348. The fourth-order valence-electron chi connectivity index (χ4n) is 2.61. The first-order valence-corrected chi connectivity index (χ1v) is 9.51. The Kier molecular flexibility index (Phi) is 8.29. The molecule has 174 valence electrons. The molecule has 0 amide bonds. The van der Waals surface area contributed by atoms with Crippen LogP contribution in [0.5, 0.6) is 5.75 Å². The monoisotopic (exact) mass is 462 g/mol. The first-order chi connectivity index (χ1) is 14.9. The van der Waals surface area contributed by atoms with Gasteiger partial charge in [0.2, 0.25) is 0 Å². The molecule has 0 saturated carbocycles. The van der Waals surface area contributed by atoms with Gasteiger partial charge in [-0.25, -0.2) is 0 Å². The normalized spacial score (nSPS) is 12.8. The number of carbonyl (C=O) groups is 2. The van der Waals surface area contributed by atoms with Crippen LogP contribution in [0.4, 0.5) is 26.3 Å². The van der Waals surface area contributed by atoms with Crippen molar-refractivity contribution >= 4 is 11.8 Å². The molecule has 2 aromatic rings. The number of benzene rings is 2. The van der Waals surface area contributed by atoms with E-state index in [9.17, 15) is 35.9 Å². The number of ether oxygens (including phenoxy) is 2. The molecule has 0 aliphatic heterocycles. The number of rotatable bonds is 9.